The van der Waals surface area contributed by atoms with Gasteiger partial charge in [-0.2, -0.15) is 0 Å². The van der Waals surface area contributed by atoms with Crippen LogP contribution in [0.3, 0.4) is 0 Å². The molecule has 0 atom stereocenters. The van der Waals surface area contributed by atoms with Gasteiger partial charge in [-0.3, -0.25) is 4.79 Å². The molecule has 0 saturated heterocycles. The van der Waals surface area contributed by atoms with Crippen LogP contribution in [0.2, 0.25) is 0 Å². The lowest BCUT2D eigenvalue weighted by molar-refractivity contribution is -0.137. The molecule has 3 nitrogen and oxygen atoms in total. The van der Waals surface area contributed by atoms with Gasteiger partial charge in [-0.15, -0.1) is 0 Å². The highest BCUT2D eigenvalue weighted by Gasteiger charge is 2.11. The standard InChI is InChI=1S/C13H16F2O3/c1-18-9-7-11(14)10(12(15)8-9)5-3-2-4-6-13(16)17/h7-8H,2-6H2,1H3,(H,16,17). The van der Waals surface area contributed by atoms with Crippen molar-refractivity contribution in [1.29, 1.82) is 0 Å². The Balaban J connectivity index is 2.49. The van der Waals surface area contributed by atoms with Gasteiger partial charge in [0.2, 0.25) is 0 Å². The van der Waals surface area contributed by atoms with E-state index in [9.17, 15) is 13.6 Å². The second kappa shape index (κ2) is 6.93. The fourth-order valence-corrected chi connectivity index (χ4v) is 1.69. The summed E-state index contributed by atoms with van der Waals surface area (Å²) in [5.41, 5.74) is 0.0334. The van der Waals surface area contributed by atoms with E-state index in [0.29, 0.717) is 19.3 Å². The molecular formula is C13H16F2O3. The van der Waals surface area contributed by atoms with E-state index >= 15 is 0 Å². The van der Waals surface area contributed by atoms with Crippen LogP contribution in [0.1, 0.15) is 31.2 Å². The van der Waals surface area contributed by atoms with Crippen molar-refractivity contribution < 1.29 is 23.4 Å². The Hall–Kier alpha value is -1.65. The molecule has 0 unspecified atom stereocenters. The number of carboxylic acids is 1. The molecule has 1 rings (SSSR count). The number of hydrogen-bond donors (Lipinski definition) is 1. The predicted octanol–water partition coefficient (Wildman–Crippen LogP) is 3.16. The smallest absolute Gasteiger partial charge is 0.303 e. The number of rotatable bonds is 7. The Morgan fingerprint density at radius 3 is 2.33 bits per heavy atom. The molecule has 100 valence electrons. The van der Waals surface area contributed by atoms with Gasteiger partial charge in [-0.1, -0.05) is 6.42 Å². The average Bonchev–Trinajstić information content (AvgIpc) is 2.31. The van der Waals surface area contributed by atoms with E-state index in [1.807, 2.05) is 0 Å². The minimum atomic E-state index is -0.850. The Kier molecular flexibility index (Phi) is 5.55. The van der Waals surface area contributed by atoms with Crippen LogP contribution in [-0.4, -0.2) is 18.2 Å². The average molecular weight is 258 g/mol. The van der Waals surface area contributed by atoms with Gasteiger partial charge in [0.1, 0.15) is 17.4 Å². The first-order valence-corrected chi connectivity index (χ1v) is 5.78. The Labute approximate surface area is 104 Å². The first-order chi connectivity index (χ1) is 8.54. The van der Waals surface area contributed by atoms with Crippen LogP contribution in [0.5, 0.6) is 5.75 Å². The molecule has 0 radical (unpaired) electrons. The number of unbranched alkanes of at least 4 members (excludes halogenated alkanes) is 2. The Morgan fingerprint density at radius 2 is 1.83 bits per heavy atom. The number of carboxylic acid groups (broad SMARTS) is 1. The van der Waals surface area contributed by atoms with E-state index in [1.54, 1.807) is 0 Å². The van der Waals surface area contributed by atoms with E-state index in [-0.39, 0.29) is 24.2 Å². The third-order valence-electron chi connectivity index (χ3n) is 2.67. The van der Waals surface area contributed by atoms with Gasteiger partial charge < -0.3 is 9.84 Å². The molecule has 18 heavy (non-hydrogen) atoms. The van der Waals surface area contributed by atoms with Crippen molar-refractivity contribution >= 4 is 5.97 Å². The molecule has 0 saturated carbocycles. The second-order valence-electron chi connectivity index (χ2n) is 4.02. The summed E-state index contributed by atoms with van der Waals surface area (Å²) in [4.78, 5) is 10.3. The van der Waals surface area contributed by atoms with Gasteiger partial charge in [0.25, 0.3) is 0 Å². The predicted molar refractivity (Wildman–Crippen MR) is 62.7 cm³/mol. The van der Waals surface area contributed by atoms with Crippen molar-refractivity contribution in [2.45, 2.75) is 32.1 Å². The van der Waals surface area contributed by atoms with Crippen LogP contribution in [0, 0.1) is 11.6 Å². The maximum absolute atomic E-state index is 13.5. The second-order valence-corrected chi connectivity index (χ2v) is 4.02. The van der Waals surface area contributed by atoms with Crippen molar-refractivity contribution in [3.8, 4) is 5.75 Å². The first-order valence-electron chi connectivity index (χ1n) is 5.78. The minimum absolute atomic E-state index is 0.0334. The maximum Gasteiger partial charge on any atom is 0.303 e. The number of halogens is 2. The Morgan fingerprint density at radius 1 is 1.22 bits per heavy atom. The highest BCUT2D eigenvalue weighted by molar-refractivity contribution is 5.66. The highest BCUT2D eigenvalue weighted by atomic mass is 19.1. The molecule has 1 aromatic carbocycles. The molecule has 1 aromatic rings. The zero-order chi connectivity index (χ0) is 13.5. The molecule has 0 bridgehead atoms. The third-order valence-corrected chi connectivity index (χ3v) is 2.67. The number of methoxy groups -OCH3 is 1. The fourth-order valence-electron chi connectivity index (χ4n) is 1.69. The zero-order valence-electron chi connectivity index (χ0n) is 10.2. The van der Waals surface area contributed by atoms with Crippen LogP contribution < -0.4 is 4.74 Å². The monoisotopic (exact) mass is 258 g/mol. The van der Waals surface area contributed by atoms with Gasteiger partial charge in [0, 0.05) is 24.1 Å². The topological polar surface area (TPSA) is 46.5 Å². The highest BCUT2D eigenvalue weighted by Crippen LogP contribution is 2.22. The van der Waals surface area contributed by atoms with Crippen molar-refractivity contribution in [1.82, 2.24) is 0 Å². The molecule has 0 aliphatic carbocycles. The van der Waals surface area contributed by atoms with Gasteiger partial charge in [-0.05, 0) is 19.3 Å². The lowest BCUT2D eigenvalue weighted by Crippen LogP contribution is -1.99. The maximum atomic E-state index is 13.5. The van der Waals surface area contributed by atoms with Gasteiger partial charge in [0.05, 0.1) is 7.11 Å². The van der Waals surface area contributed by atoms with E-state index in [1.165, 1.54) is 7.11 Å². The van der Waals surface area contributed by atoms with E-state index < -0.39 is 17.6 Å². The summed E-state index contributed by atoms with van der Waals surface area (Å²) in [6, 6.07) is 2.30. The molecule has 0 aliphatic heterocycles. The number of hydrogen-bond acceptors (Lipinski definition) is 2. The summed E-state index contributed by atoms with van der Waals surface area (Å²) in [7, 11) is 1.35. The summed E-state index contributed by atoms with van der Waals surface area (Å²) in [5.74, 6) is -1.94. The van der Waals surface area contributed by atoms with Crippen molar-refractivity contribution in [3.05, 3.63) is 29.3 Å². The lowest BCUT2D eigenvalue weighted by atomic mass is 10.0. The van der Waals surface area contributed by atoms with E-state index in [0.717, 1.165) is 12.1 Å². The zero-order valence-corrected chi connectivity index (χ0v) is 10.2. The summed E-state index contributed by atoms with van der Waals surface area (Å²) in [6.45, 7) is 0. The molecular weight excluding hydrogens is 242 g/mol. The third kappa shape index (κ3) is 4.31. The first kappa shape index (κ1) is 14.4. The van der Waals surface area contributed by atoms with Gasteiger partial charge in [0.15, 0.2) is 0 Å². The van der Waals surface area contributed by atoms with E-state index in [2.05, 4.69) is 0 Å². The van der Waals surface area contributed by atoms with Crippen LogP contribution in [0.4, 0.5) is 8.78 Å². The molecule has 0 heterocycles. The number of aliphatic carboxylic acids is 1. The molecule has 0 amide bonds. The normalized spacial score (nSPS) is 10.4. The summed E-state index contributed by atoms with van der Waals surface area (Å²) >= 11 is 0. The minimum Gasteiger partial charge on any atom is -0.497 e. The van der Waals surface area contributed by atoms with Crippen molar-refractivity contribution in [3.63, 3.8) is 0 Å². The number of carbonyl (C=O) groups is 1. The summed E-state index contributed by atoms with van der Waals surface area (Å²) in [5, 5.41) is 8.44. The molecule has 0 spiro atoms. The van der Waals surface area contributed by atoms with Crippen LogP contribution in [0.15, 0.2) is 12.1 Å². The van der Waals surface area contributed by atoms with Gasteiger partial charge >= 0.3 is 5.97 Å². The number of benzene rings is 1. The lowest BCUT2D eigenvalue weighted by Gasteiger charge is -2.07. The fraction of sp³-hybridized carbons (Fsp3) is 0.462. The van der Waals surface area contributed by atoms with Crippen LogP contribution in [-0.2, 0) is 11.2 Å². The molecule has 0 aromatic heterocycles. The molecule has 1 N–H and O–H groups in total. The molecule has 5 heteroatoms. The largest absolute Gasteiger partial charge is 0.497 e. The summed E-state index contributed by atoms with van der Waals surface area (Å²) < 4.78 is 31.8. The number of ether oxygens (including phenoxy) is 1. The van der Waals surface area contributed by atoms with Crippen molar-refractivity contribution in [2.24, 2.45) is 0 Å². The van der Waals surface area contributed by atoms with Crippen LogP contribution in [0.25, 0.3) is 0 Å². The molecule has 0 aliphatic rings. The van der Waals surface area contributed by atoms with E-state index in [4.69, 9.17) is 9.84 Å². The van der Waals surface area contributed by atoms with Crippen molar-refractivity contribution in [2.75, 3.05) is 7.11 Å². The van der Waals surface area contributed by atoms with Crippen LogP contribution >= 0.6 is 0 Å². The molecule has 0 fully saturated rings. The quantitative estimate of drug-likeness (QED) is 0.764. The SMILES string of the molecule is COc1cc(F)c(CCCCCC(=O)O)c(F)c1. The Bertz CT molecular complexity index is 396. The summed E-state index contributed by atoms with van der Waals surface area (Å²) in [6.07, 6.45) is 2.08. The van der Waals surface area contributed by atoms with Gasteiger partial charge in [-0.25, -0.2) is 8.78 Å².